The van der Waals surface area contributed by atoms with Crippen molar-refractivity contribution in [1.82, 2.24) is 9.88 Å². The molecule has 1 aliphatic heterocycles. The van der Waals surface area contributed by atoms with Gasteiger partial charge in [0.25, 0.3) is 5.91 Å². The SMILES string of the molecule is COc1ccc(OCC(=O)c2c[nH]c(C(=O)N3CCCC3)c2)c([N+](=O)[O-])c1. The van der Waals surface area contributed by atoms with E-state index in [1.165, 1.54) is 37.6 Å². The molecule has 2 heterocycles. The number of carbonyl (C=O) groups excluding carboxylic acids is 2. The molecule has 1 aromatic heterocycles. The number of ketones is 1. The van der Waals surface area contributed by atoms with Gasteiger partial charge in [-0.15, -0.1) is 0 Å². The van der Waals surface area contributed by atoms with Crippen LogP contribution in [0.25, 0.3) is 0 Å². The minimum absolute atomic E-state index is 0.0296. The molecule has 1 aliphatic rings. The number of aromatic nitrogens is 1. The zero-order valence-electron chi connectivity index (χ0n) is 14.8. The summed E-state index contributed by atoms with van der Waals surface area (Å²) in [6, 6.07) is 5.59. The number of likely N-dealkylation sites (tertiary alicyclic amines) is 1. The van der Waals surface area contributed by atoms with Crippen molar-refractivity contribution in [3.8, 4) is 11.5 Å². The standard InChI is InChI=1S/C18H19N3O6/c1-26-13-4-5-17(15(9-13)21(24)25)27-11-16(22)12-8-14(19-10-12)18(23)20-6-2-3-7-20/h4-5,8-10,19H,2-3,6-7,11H2,1H3. The summed E-state index contributed by atoms with van der Waals surface area (Å²) in [6.45, 7) is 1.04. The van der Waals surface area contributed by atoms with E-state index in [0.717, 1.165) is 12.8 Å². The number of hydrogen-bond acceptors (Lipinski definition) is 6. The first-order valence-corrected chi connectivity index (χ1v) is 8.45. The van der Waals surface area contributed by atoms with Crippen molar-refractivity contribution in [3.05, 3.63) is 51.8 Å². The number of Topliss-reactive ketones (excluding diaryl/α,β-unsaturated/α-hetero) is 1. The quantitative estimate of drug-likeness (QED) is 0.453. The Morgan fingerprint density at radius 2 is 2.00 bits per heavy atom. The molecule has 0 aliphatic carbocycles. The number of nitrogens with one attached hydrogen (secondary N) is 1. The van der Waals surface area contributed by atoms with Gasteiger partial charge in [-0.05, 0) is 31.0 Å². The number of carbonyl (C=O) groups is 2. The topological polar surface area (TPSA) is 115 Å². The minimum atomic E-state index is -0.606. The molecule has 1 saturated heterocycles. The molecule has 1 aromatic carbocycles. The molecule has 0 unspecified atom stereocenters. The molecule has 27 heavy (non-hydrogen) atoms. The Labute approximate surface area is 155 Å². The molecule has 1 fully saturated rings. The van der Waals surface area contributed by atoms with Gasteiger partial charge in [-0.25, -0.2) is 0 Å². The zero-order valence-corrected chi connectivity index (χ0v) is 14.8. The van der Waals surface area contributed by atoms with Crippen LogP contribution in [0.5, 0.6) is 11.5 Å². The molecule has 3 rings (SSSR count). The van der Waals surface area contributed by atoms with E-state index in [1.54, 1.807) is 4.90 Å². The van der Waals surface area contributed by atoms with Gasteiger partial charge >= 0.3 is 5.69 Å². The van der Waals surface area contributed by atoms with Crippen molar-refractivity contribution in [1.29, 1.82) is 0 Å². The van der Waals surface area contributed by atoms with Crippen LogP contribution in [-0.2, 0) is 0 Å². The van der Waals surface area contributed by atoms with Crippen LogP contribution >= 0.6 is 0 Å². The van der Waals surface area contributed by atoms with Crippen LogP contribution in [0.2, 0.25) is 0 Å². The second-order valence-electron chi connectivity index (χ2n) is 6.10. The summed E-state index contributed by atoms with van der Waals surface area (Å²) in [4.78, 5) is 39.7. The Morgan fingerprint density at radius 1 is 1.26 bits per heavy atom. The van der Waals surface area contributed by atoms with Crippen LogP contribution in [0, 0.1) is 10.1 Å². The van der Waals surface area contributed by atoms with Crippen molar-refractivity contribution >= 4 is 17.4 Å². The molecule has 9 heteroatoms. The third kappa shape index (κ3) is 4.08. The van der Waals surface area contributed by atoms with Gasteiger partial charge in [-0.2, -0.15) is 0 Å². The number of nitro benzene ring substituents is 1. The molecule has 2 aromatic rings. The van der Waals surface area contributed by atoms with Crippen molar-refractivity contribution in [2.24, 2.45) is 0 Å². The first kappa shape index (κ1) is 18.4. The van der Waals surface area contributed by atoms with E-state index >= 15 is 0 Å². The zero-order chi connectivity index (χ0) is 19.4. The fraction of sp³-hybridized carbons (Fsp3) is 0.333. The maximum absolute atomic E-state index is 12.3. The lowest BCUT2D eigenvalue weighted by Crippen LogP contribution is -2.27. The van der Waals surface area contributed by atoms with Crippen LogP contribution in [0.4, 0.5) is 5.69 Å². The van der Waals surface area contributed by atoms with E-state index in [-0.39, 0.29) is 29.5 Å². The highest BCUT2D eigenvalue weighted by Crippen LogP contribution is 2.31. The van der Waals surface area contributed by atoms with Crippen molar-refractivity contribution in [3.63, 3.8) is 0 Å². The number of nitro groups is 1. The minimum Gasteiger partial charge on any atom is -0.496 e. The fourth-order valence-electron chi connectivity index (χ4n) is 2.88. The Kier molecular flexibility index (Phi) is 5.39. The summed E-state index contributed by atoms with van der Waals surface area (Å²) in [5, 5.41) is 11.1. The third-order valence-corrected chi connectivity index (χ3v) is 4.35. The van der Waals surface area contributed by atoms with Crippen LogP contribution < -0.4 is 9.47 Å². The first-order chi connectivity index (χ1) is 13.0. The van der Waals surface area contributed by atoms with E-state index in [2.05, 4.69) is 4.98 Å². The Bertz CT molecular complexity index is 870. The number of ether oxygens (including phenoxy) is 2. The molecular formula is C18H19N3O6. The summed E-state index contributed by atoms with van der Waals surface area (Å²) in [6.07, 6.45) is 3.40. The average Bonchev–Trinajstić information content (AvgIpc) is 3.37. The fourth-order valence-corrected chi connectivity index (χ4v) is 2.88. The van der Waals surface area contributed by atoms with E-state index in [4.69, 9.17) is 9.47 Å². The van der Waals surface area contributed by atoms with Gasteiger partial charge < -0.3 is 19.4 Å². The van der Waals surface area contributed by atoms with Crippen LogP contribution in [0.15, 0.2) is 30.5 Å². The lowest BCUT2D eigenvalue weighted by Gasteiger charge is -2.13. The predicted molar refractivity (Wildman–Crippen MR) is 95.4 cm³/mol. The Hall–Kier alpha value is -3.36. The van der Waals surface area contributed by atoms with E-state index in [1.807, 2.05) is 0 Å². The Balaban J connectivity index is 1.66. The van der Waals surface area contributed by atoms with Crippen LogP contribution in [0.3, 0.4) is 0 Å². The molecule has 0 saturated carbocycles. The van der Waals surface area contributed by atoms with Crippen LogP contribution in [0.1, 0.15) is 33.7 Å². The van der Waals surface area contributed by atoms with E-state index in [9.17, 15) is 19.7 Å². The number of amides is 1. The summed E-state index contributed by atoms with van der Waals surface area (Å²) in [5.74, 6) is -0.246. The molecule has 142 valence electrons. The molecule has 0 atom stereocenters. The van der Waals surface area contributed by atoms with Crippen molar-refractivity contribution in [2.75, 3.05) is 26.8 Å². The Morgan fingerprint density at radius 3 is 2.67 bits per heavy atom. The smallest absolute Gasteiger partial charge is 0.314 e. The maximum atomic E-state index is 12.3. The molecule has 1 N–H and O–H groups in total. The van der Waals surface area contributed by atoms with Gasteiger partial charge in [0.2, 0.25) is 5.78 Å². The number of benzene rings is 1. The van der Waals surface area contributed by atoms with E-state index in [0.29, 0.717) is 24.5 Å². The van der Waals surface area contributed by atoms with E-state index < -0.39 is 10.7 Å². The van der Waals surface area contributed by atoms with Gasteiger partial charge in [-0.1, -0.05) is 0 Å². The number of hydrogen-bond donors (Lipinski definition) is 1. The largest absolute Gasteiger partial charge is 0.496 e. The second kappa shape index (κ2) is 7.90. The molecule has 0 radical (unpaired) electrons. The summed E-state index contributed by atoms with van der Waals surface area (Å²) in [7, 11) is 1.40. The molecule has 0 bridgehead atoms. The highest BCUT2D eigenvalue weighted by molar-refractivity contribution is 6.01. The van der Waals surface area contributed by atoms with Gasteiger partial charge in [-0.3, -0.25) is 19.7 Å². The lowest BCUT2D eigenvalue weighted by molar-refractivity contribution is -0.385. The maximum Gasteiger partial charge on any atom is 0.314 e. The number of H-pyrrole nitrogens is 1. The second-order valence-corrected chi connectivity index (χ2v) is 6.10. The summed E-state index contributed by atoms with van der Waals surface area (Å²) in [5.41, 5.74) is 0.338. The number of methoxy groups -OCH3 is 1. The highest BCUT2D eigenvalue weighted by Gasteiger charge is 2.22. The monoisotopic (exact) mass is 373 g/mol. The molecule has 9 nitrogen and oxygen atoms in total. The van der Waals surface area contributed by atoms with Crippen molar-refractivity contribution in [2.45, 2.75) is 12.8 Å². The molecular weight excluding hydrogens is 354 g/mol. The van der Waals surface area contributed by atoms with Gasteiger partial charge in [0.05, 0.1) is 18.1 Å². The molecule has 1 amide bonds. The number of rotatable bonds is 7. The third-order valence-electron chi connectivity index (χ3n) is 4.35. The van der Waals surface area contributed by atoms with Gasteiger partial charge in [0.1, 0.15) is 11.4 Å². The average molecular weight is 373 g/mol. The summed E-state index contributed by atoms with van der Waals surface area (Å²) < 4.78 is 10.3. The van der Waals surface area contributed by atoms with Gasteiger partial charge in [0.15, 0.2) is 12.4 Å². The lowest BCUT2D eigenvalue weighted by atomic mass is 10.2. The normalized spacial score (nSPS) is 13.4. The predicted octanol–water partition coefficient (Wildman–Crippen LogP) is 2.43. The molecule has 0 spiro atoms. The first-order valence-electron chi connectivity index (χ1n) is 8.45. The highest BCUT2D eigenvalue weighted by atomic mass is 16.6. The van der Waals surface area contributed by atoms with Gasteiger partial charge in [0, 0.05) is 24.8 Å². The number of aromatic amines is 1. The van der Waals surface area contributed by atoms with Crippen LogP contribution in [-0.4, -0.2) is 53.3 Å². The summed E-state index contributed by atoms with van der Waals surface area (Å²) >= 11 is 0. The van der Waals surface area contributed by atoms with Crippen molar-refractivity contribution < 1.29 is 24.0 Å². The number of nitrogens with zero attached hydrogens (tertiary/aromatic N) is 2.